The summed E-state index contributed by atoms with van der Waals surface area (Å²) in [5.74, 6) is 0. The topological polar surface area (TPSA) is 87.7 Å². The van der Waals surface area contributed by atoms with Crippen LogP contribution in [0.25, 0.3) is 10.8 Å². The predicted octanol–water partition coefficient (Wildman–Crippen LogP) is 5.09. The average molecular weight is 511 g/mol. The second-order valence-electron chi connectivity index (χ2n) is 10.2. The Hall–Kier alpha value is -3.88. The van der Waals surface area contributed by atoms with E-state index in [1.807, 2.05) is 41.4 Å². The number of H-pyrrole nitrogens is 1. The first-order valence-corrected chi connectivity index (χ1v) is 13.5. The molecule has 3 heterocycles. The molecule has 3 aromatic carbocycles. The number of anilines is 2. The third-order valence-corrected chi connectivity index (χ3v) is 7.71. The zero-order chi connectivity index (χ0) is 25.9. The van der Waals surface area contributed by atoms with E-state index in [0.29, 0.717) is 19.6 Å². The molecule has 1 saturated heterocycles. The Kier molecular flexibility index (Phi) is 6.98. The van der Waals surface area contributed by atoms with Gasteiger partial charge in [0.05, 0.1) is 18.6 Å². The highest BCUT2D eigenvalue weighted by Gasteiger charge is 2.27. The number of hydrogen-bond acceptors (Lipinski definition) is 5. The summed E-state index contributed by atoms with van der Waals surface area (Å²) in [6.07, 6.45) is 6.11. The Bertz CT molecular complexity index is 1390. The molecule has 6 rings (SSSR count). The molecular weight excluding hydrogens is 476 g/mol. The van der Waals surface area contributed by atoms with Gasteiger partial charge in [0.15, 0.2) is 0 Å². The number of aliphatic hydroxyl groups is 1. The number of carbonyl (C=O) groups excluding carboxylic acids is 1. The van der Waals surface area contributed by atoms with E-state index in [0.717, 1.165) is 71.4 Å². The lowest BCUT2D eigenvalue weighted by molar-refractivity contribution is 0.0000611. The molecule has 0 saturated carbocycles. The molecule has 1 unspecified atom stereocenters. The van der Waals surface area contributed by atoms with Crippen molar-refractivity contribution < 1.29 is 9.90 Å². The summed E-state index contributed by atoms with van der Waals surface area (Å²) in [5, 5.41) is 16.9. The quantitative estimate of drug-likeness (QED) is 0.348. The Labute approximate surface area is 222 Å². The molecule has 1 aromatic heterocycles. The van der Waals surface area contributed by atoms with Crippen LogP contribution < -0.4 is 10.2 Å². The van der Waals surface area contributed by atoms with Gasteiger partial charge in [-0.25, -0.2) is 9.78 Å². The second-order valence-corrected chi connectivity index (χ2v) is 10.2. The monoisotopic (exact) mass is 510 g/mol. The van der Waals surface area contributed by atoms with Crippen molar-refractivity contribution in [1.82, 2.24) is 19.8 Å². The van der Waals surface area contributed by atoms with Crippen LogP contribution in [0.2, 0.25) is 0 Å². The average Bonchev–Trinajstić information content (AvgIpc) is 3.41. The van der Waals surface area contributed by atoms with Crippen LogP contribution in [0.5, 0.6) is 0 Å². The number of amides is 2. The molecule has 3 N–H and O–H groups in total. The number of likely N-dealkylation sites (tertiary alicyclic amines) is 1. The number of hydrogen-bond donors (Lipinski definition) is 3. The minimum Gasteiger partial charge on any atom is -0.374 e. The summed E-state index contributed by atoms with van der Waals surface area (Å²) < 4.78 is 0. The molecule has 0 radical (unpaired) electrons. The number of aliphatic hydroxyl groups excluding tert-OH is 1. The summed E-state index contributed by atoms with van der Waals surface area (Å²) >= 11 is 0. The Morgan fingerprint density at radius 3 is 2.68 bits per heavy atom. The first kappa shape index (κ1) is 24.5. The Morgan fingerprint density at radius 1 is 1.00 bits per heavy atom. The van der Waals surface area contributed by atoms with Crippen molar-refractivity contribution in [2.75, 3.05) is 36.4 Å². The van der Waals surface area contributed by atoms with Crippen molar-refractivity contribution in [3.63, 3.8) is 0 Å². The fourth-order valence-electron chi connectivity index (χ4n) is 5.66. The zero-order valence-electron chi connectivity index (χ0n) is 21.5. The van der Waals surface area contributed by atoms with Gasteiger partial charge in [0.25, 0.3) is 0 Å². The van der Waals surface area contributed by atoms with E-state index in [1.165, 1.54) is 6.42 Å². The number of rotatable bonds is 5. The molecule has 8 nitrogen and oxygen atoms in total. The van der Waals surface area contributed by atoms with E-state index in [-0.39, 0.29) is 6.03 Å². The van der Waals surface area contributed by atoms with Gasteiger partial charge in [-0.05, 0) is 47.7 Å². The zero-order valence-corrected chi connectivity index (χ0v) is 21.5. The van der Waals surface area contributed by atoms with Crippen LogP contribution >= 0.6 is 0 Å². The van der Waals surface area contributed by atoms with Crippen molar-refractivity contribution in [3.05, 3.63) is 90.0 Å². The van der Waals surface area contributed by atoms with Gasteiger partial charge in [-0.1, -0.05) is 48.5 Å². The van der Waals surface area contributed by atoms with Gasteiger partial charge in [-0.2, -0.15) is 0 Å². The molecule has 38 heavy (non-hydrogen) atoms. The van der Waals surface area contributed by atoms with E-state index in [1.54, 1.807) is 6.33 Å². The highest BCUT2D eigenvalue weighted by molar-refractivity contribution is 5.90. The fourth-order valence-corrected chi connectivity index (χ4v) is 5.66. The van der Waals surface area contributed by atoms with Crippen molar-refractivity contribution >= 4 is 28.2 Å². The first-order valence-electron chi connectivity index (χ1n) is 13.5. The smallest absolute Gasteiger partial charge is 0.321 e. The van der Waals surface area contributed by atoms with Crippen LogP contribution in [0, 0.1) is 0 Å². The van der Waals surface area contributed by atoms with Crippen LogP contribution in [0.3, 0.4) is 0 Å². The fraction of sp³-hybridized carbons (Fsp3) is 0.333. The summed E-state index contributed by atoms with van der Waals surface area (Å²) in [4.78, 5) is 26.6. The predicted molar refractivity (Wildman–Crippen MR) is 150 cm³/mol. The van der Waals surface area contributed by atoms with E-state index in [9.17, 15) is 9.90 Å². The molecule has 2 aliphatic heterocycles. The number of urea groups is 1. The highest BCUT2D eigenvalue weighted by Crippen LogP contribution is 2.34. The number of aromatic amines is 1. The van der Waals surface area contributed by atoms with Gasteiger partial charge in [-0.15, -0.1) is 0 Å². The van der Waals surface area contributed by atoms with Crippen molar-refractivity contribution in [3.8, 4) is 0 Å². The van der Waals surface area contributed by atoms with Crippen molar-refractivity contribution in [2.45, 2.75) is 38.6 Å². The molecule has 1 fully saturated rings. The Morgan fingerprint density at radius 2 is 1.84 bits per heavy atom. The maximum atomic E-state index is 12.9. The van der Waals surface area contributed by atoms with Crippen molar-refractivity contribution in [1.29, 1.82) is 0 Å². The lowest BCUT2D eigenvalue weighted by Crippen LogP contribution is -2.38. The molecule has 2 aliphatic rings. The summed E-state index contributed by atoms with van der Waals surface area (Å²) in [6.45, 7) is 4.28. The maximum absolute atomic E-state index is 12.9. The lowest BCUT2D eigenvalue weighted by Gasteiger charge is -2.28. The third kappa shape index (κ3) is 5.10. The SMILES string of the molecule is O=C(Nc1ccc2c(c1)N(Cc1cnc[nH]1)CCN(C(O)c1cccc3ccccc13)C2)N1CCCCC1. The highest BCUT2D eigenvalue weighted by atomic mass is 16.3. The number of piperidine rings is 1. The minimum atomic E-state index is -0.737. The van der Waals surface area contributed by atoms with E-state index >= 15 is 0 Å². The van der Waals surface area contributed by atoms with Gasteiger partial charge in [0, 0.05) is 55.9 Å². The van der Waals surface area contributed by atoms with Crippen molar-refractivity contribution in [2.24, 2.45) is 0 Å². The second kappa shape index (κ2) is 10.8. The number of benzene rings is 3. The Balaban J connectivity index is 1.29. The van der Waals surface area contributed by atoms with E-state index in [2.05, 4.69) is 55.4 Å². The number of aromatic nitrogens is 2. The standard InChI is InChI=1S/C30H34N6O2/c37-29(27-10-6-8-22-7-2-3-9-26(22)27)36-16-15-35(20-25-18-31-21-32-25)28-17-24(12-11-23(28)19-36)33-30(38)34-13-4-1-5-14-34/h2-3,6-12,17-18,21,29,37H,1,4-5,13-16,19-20H2,(H,31,32)(H,33,38). The largest absolute Gasteiger partial charge is 0.374 e. The maximum Gasteiger partial charge on any atom is 0.321 e. The summed E-state index contributed by atoms with van der Waals surface area (Å²) in [7, 11) is 0. The molecule has 1 atom stereocenters. The van der Waals surface area contributed by atoms with Crippen LogP contribution in [0.1, 0.15) is 42.3 Å². The molecular formula is C30H34N6O2. The molecule has 0 bridgehead atoms. The number of carbonyl (C=O) groups is 1. The molecule has 2 amide bonds. The number of nitrogens with one attached hydrogen (secondary N) is 2. The summed E-state index contributed by atoms with van der Waals surface area (Å²) in [6, 6.07) is 20.4. The van der Waals surface area contributed by atoms with Gasteiger partial charge < -0.3 is 25.2 Å². The van der Waals surface area contributed by atoms with Crippen LogP contribution in [-0.4, -0.2) is 57.1 Å². The van der Waals surface area contributed by atoms with Gasteiger partial charge in [-0.3, -0.25) is 4.90 Å². The number of fused-ring (bicyclic) bond motifs is 2. The molecule has 0 spiro atoms. The number of nitrogens with zero attached hydrogens (tertiary/aromatic N) is 4. The lowest BCUT2D eigenvalue weighted by atomic mass is 10.0. The molecule has 196 valence electrons. The van der Waals surface area contributed by atoms with Gasteiger partial charge in [0.2, 0.25) is 0 Å². The van der Waals surface area contributed by atoms with E-state index < -0.39 is 6.23 Å². The number of imidazole rings is 1. The van der Waals surface area contributed by atoms with Crippen LogP contribution in [-0.2, 0) is 13.1 Å². The normalized spacial score (nSPS) is 17.2. The minimum absolute atomic E-state index is 0.0357. The van der Waals surface area contributed by atoms with Gasteiger partial charge >= 0.3 is 6.03 Å². The summed E-state index contributed by atoms with van der Waals surface area (Å²) in [5.41, 5.74) is 4.89. The first-order chi connectivity index (χ1) is 18.7. The van der Waals surface area contributed by atoms with Gasteiger partial charge in [0.1, 0.15) is 6.23 Å². The van der Waals surface area contributed by atoms with E-state index in [4.69, 9.17) is 0 Å². The molecule has 4 aromatic rings. The molecule has 0 aliphatic carbocycles. The molecule has 8 heteroatoms. The van der Waals surface area contributed by atoms with Crippen LogP contribution in [0.15, 0.2) is 73.2 Å². The van der Waals surface area contributed by atoms with Crippen LogP contribution in [0.4, 0.5) is 16.2 Å². The third-order valence-electron chi connectivity index (χ3n) is 7.71.